The second kappa shape index (κ2) is 9.13. The summed E-state index contributed by atoms with van der Waals surface area (Å²) in [4.78, 5) is 41.6. The van der Waals surface area contributed by atoms with Crippen molar-refractivity contribution >= 4 is 28.6 Å². The summed E-state index contributed by atoms with van der Waals surface area (Å²) in [6.07, 6.45) is 0. The van der Waals surface area contributed by atoms with E-state index in [1.807, 2.05) is 42.5 Å². The monoisotopic (exact) mass is 463 g/mol. The third-order valence-electron chi connectivity index (χ3n) is 6.22. The molecule has 0 unspecified atom stereocenters. The van der Waals surface area contributed by atoms with Crippen LogP contribution in [0.25, 0.3) is 10.8 Å². The number of ether oxygens (including phenoxy) is 1. The van der Waals surface area contributed by atoms with Crippen molar-refractivity contribution in [3.05, 3.63) is 77.6 Å². The molecule has 1 N–H and O–H groups in total. The fourth-order valence-corrected chi connectivity index (χ4v) is 4.32. The molecule has 1 fully saturated rings. The zero-order chi connectivity index (χ0) is 24.5. The molecule has 3 aromatic rings. The molecular formula is C26H26FN3O4. The highest BCUT2D eigenvalue weighted by molar-refractivity contribution is 6.10. The van der Waals surface area contributed by atoms with Crippen molar-refractivity contribution in [1.82, 2.24) is 15.1 Å². The van der Waals surface area contributed by atoms with Crippen LogP contribution in [0.4, 0.5) is 9.18 Å². The van der Waals surface area contributed by atoms with Gasteiger partial charge in [0.25, 0.3) is 5.91 Å². The zero-order valence-corrected chi connectivity index (χ0v) is 19.3. The average Bonchev–Trinajstić information content (AvgIpc) is 3.05. The van der Waals surface area contributed by atoms with E-state index in [9.17, 15) is 18.8 Å². The lowest BCUT2D eigenvalue weighted by atomic mass is 9.88. The molecule has 0 spiro atoms. The third kappa shape index (κ3) is 4.07. The lowest BCUT2D eigenvalue weighted by molar-refractivity contribution is -0.139. The number of likely N-dealkylation sites (N-methyl/N-ethyl adjacent to an activating group) is 1. The number of carbonyl (C=O) groups is 3. The summed E-state index contributed by atoms with van der Waals surface area (Å²) in [5.74, 6) is -1.31. The van der Waals surface area contributed by atoms with Gasteiger partial charge in [-0.3, -0.25) is 14.5 Å². The molecule has 1 atom stereocenters. The first-order chi connectivity index (χ1) is 16.3. The Balaban J connectivity index is 1.54. The van der Waals surface area contributed by atoms with E-state index in [-0.39, 0.29) is 12.3 Å². The Morgan fingerprint density at radius 3 is 2.56 bits per heavy atom. The van der Waals surface area contributed by atoms with Crippen LogP contribution in [0.15, 0.2) is 60.7 Å². The van der Waals surface area contributed by atoms with E-state index in [0.717, 1.165) is 15.7 Å². The molecule has 34 heavy (non-hydrogen) atoms. The van der Waals surface area contributed by atoms with Gasteiger partial charge in [-0.25, -0.2) is 9.18 Å². The smallest absolute Gasteiger partial charge is 0.325 e. The number of benzene rings is 3. The minimum atomic E-state index is -1.30. The summed E-state index contributed by atoms with van der Waals surface area (Å²) in [5.41, 5.74) is -0.0553. The molecule has 4 amide bonds. The highest BCUT2D eigenvalue weighted by Crippen LogP contribution is 2.33. The predicted molar refractivity (Wildman–Crippen MR) is 126 cm³/mol. The molecule has 1 saturated heterocycles. The lowest BCUT2D eigenvalue weighted by Crippen LogP contribution is -2.44. The maximum Gasteiger partial charge on any atom is 0.325 e. The van der Waals surface area contributed by atoms with Crippen LogP contribution in [0, 0.1) is 5.82 Å². The van der Waals surface area contributed by atoms with E-state index in [2.05, 4.69) is 5.32 Å². The average molecular weight is 464 g/mol. The van der Waals surface area contributed by atoms with Gasteiger partial charge in [-0.1, -0.05) is 48.5 Å². The summed E-state index contributed by atoms with van der Waals surface area (Å²) in [7, 11) is 1.38. The maximum atomic E-state index is 14.1. The van der Waals surface area contributed by atoms with Gasteiger partial charge in [-0.05, 0) is 47.9 Å². The van der Waals surface area contributed by atoms with Crippen LogP contribution in [-0.2, 0) is 21.7 Å². The minimum Gasteiger partial charge on any atom is -0.494 e. The van der Waals surface area contributed by atoms with Crippen molar-refractivity contribution in [2.75, 3.05) is 20.2 Å². The van der Waals surface area contributed by atoms with Gasteiger partial charge in [0.15, 0.2) is 11.6 Å². The van der Waals surface area contributed by atoms with Crippen molar-refractivity contribution < 1.29 is 23.5 Å². The van der Waals surface area contributed by atoms with Gasteiger partial charge in [0, 0.05) is 13.1 Å². The first-order valence-electron chi connectivity index (χ1n) is 11.0. The Hall–Kier alpha value is -3.94. The number of amides is 4. The fourth-order valence-electron chi connectivity index (χ4n) is 4.32. The topological polar surface area (TPSA) is 79.0 Å². The molecule has 1 aliphatic heterocycles. The van der Waals surface area contributed by atoms with Crippen LogP contribution in [0.5, 0.6) is 5.75 Å². The number of halogens is 1. The summed E-state index contributed by atoms with van der Waals surface area (Å²) in [5, 5.41) is 4.57. The molecule has 0 aromatic heterocycles. The van der Waals surface area contributed by atoms with Crippen LogP contribution in [-0.4, -0.2) is 47.8 Å². The van der Waals surface area contributed by atoms with Crippen LogP contribution >= 0.6 is 0 Å². The van der Waals surface area contributed by atoms with Crippen LogP contribution in [0.3, 0.4) is 0 Å². The number of urea groups is 1. The van der Waals surface area contributed by atoms with Gasteiger partial charge in [-0.2, -0.15) is 0 Å². The first kappa shape index (κ1) is 23.2. The zero-order valence-electron chi connectivity index (χ0n) is 19.3. The van der Waals surface area contributed by atoms with Crippen molar-refractivity contribution in [2.24, 2.45) is 0 Å². The lowest BCUT2D eigenvalue weighted by Gasteiger charge is -2.25. The Kier molecular flexibility index (Phi) is 6.24. The van der Waals surface area contributed by atoms with E-state index in [4.69, 9.17) is 4.74 Å². The largest absolute Gasteiger partial charge is 0.494 e. The molecule has 7 nitrogen and oxygen atoms in total. The number of hydrogen-bond donors (Lipinski definition) is 1. The van der Waals surface area contributed by atoms with Gasteiger partial charge in [0.1, 0.15) is 12.1 Å². The standard InChI is InChI=1S/C26H26FN3O4/c1-4-29(15-17-12-13-22(34-3)21(27)14-17)23(31)16-30-24(32)26(2,28-25(30)33)20-11-7-9-18-8-5-6-10-19(18)20/h5-14H,4,15-16H2,1-3H3,(H,28,33)/t26-/m0/s1. The van der Waals surface area contributed by atoms with Crippen molar-refractivity contribution in [3.63, 3.8) is 0 Å². The van der Waals surface area contributed by atoms with Crippen molar-refractivity contribution in [2.45, 2.75) is 25.9 Å². The van der Waals surface area contributed by atoms with Gasteiger partial charge in [0.2, 0.25) is 5.91 Å². The first-order valence-corrected chi connectivity index (χ1v) is 11.0. The molecule has 0 aliphatic carbocycles. The number of rotatable bonds is 7. The van der Waals surface area contributed by atoms with E-state index in [1.165, 1.54) is 24.1 Å². The Morgan fingerprint density at radius 1 is 1.12 bits per heavy atom. The molecule has 4 rings (SSSR count). The van der Waals surface area contributed by atoms with Gasteiger partial charge in [0.05, 0.1) is 7.11 Å². The second-order valence-corrected chi connectivity index (χ2v) is 8.35. The molecular weight excluding hydrogens is 437 g/mol. The molecule has 0 saturated carbocycles. The number of nitrogens with one attached hydrogen (secondary N) is 1. The van der Waals surface area contributed by atoms with E-state index >= 15 is 0 Å². The van der Waals surface area contributed by atoms with E-state index in [1.54, 1.807) is 19.9 Å². The Morgan fingerprint density at radius 2 is 1.85 bits per heavy atom. The number of fused-ring (bicyclic) bond motifs is 1. The number of methoxy groups -OCH3 is 1. The minimum absolute atomic E-state index is 0.116. The van der Waals surface area contributed by atoms with Gasteiger partial charge in [-0.15, -0.1) is 0 Å². The second-order valence-electron chi connectivity index (χ2n) is 8.35. The number of nitrogens with zero attached hydrogens (tertiary/aromatic N) is 2. The summed E-state index contributed by atoms with van der Waals surface area (Å²) in [6.45, 7) is 3.50. The summed E-state index contributed by atoms with van der Waals surface area (Å²) >= 11 is 0. The highest BCUT2D eigenvalue weighted by Gasteiger charge is 2.50. The maximum absolute atomic E-state index is 14.1. The molecule has 3 aromatic carbocycles. The summed E-state index contributed by atoms with van der Waals surface area (Å²) < 4.78 is 19.0. The van der Waals surface area contributed by atoms with E-state index in [0.29, 0.717) is 17.7 Å². The number of carbonyl (C=O) groups excluding carboxylic acids is 3. The highest BCUT2D eigenvalue weighted by atomic mass is 19.1. The Bertz CT molecular complexity index is 1270. The molecule has 1 aliphatic rings. The third-order valence-corrected chi connectivity index (χ3v) is 6.22. The van der Waals surface area contributed by atoms with E-state index < -0.39 is 35.7 Å². The SMILES string of the molecule is CCN(Cc1ccc(OC)c(F)c1)C(=O)CN1C(=O)N[C@@](C)(c2cccc3ccccc23)C1=O. The Labute approximate surface area is 197 Å². The molecule has 1 heterocycles. The van der Waals surface area contributed by atoms with Crippen LogP contribution in [0.1, 0.15) is 25.0 Å². The van der Waals surface area contributed by atoms with Crippen molar-refractivity contribution in [1.29, 1.82) is 0 Å². The molecule has 0 bridgehead atoms. The number of imide groups is 1. The molecule has 8 heteroatoms. The van der Waals surface area contributed by atoms with Crippen LogP contribution < -0.4 is 10.1 Å². The van der Waals surface area contributed by atoms with Gasteiger partial charge < -0.3 is 15.0 Å². The van der Waals surface area contributed by atoms with Crippen LogP contribution in [0.2, 0.25) is 0 Å². The summed E-state index contributed by atoms with van der Waals surface area (Å²) in [6, 6.07) is 17.0. The quantitative estimate of drug-likeness (QED) is 0.541. The predicted octanol–water partition coefficient (Wildman–Crippen LogP) is 3.80. The van der Waals surface area contributed by atoms with Gasteiger partial charge >= 0.3 is 6.03 Å². The normalized spacial score (nSPS) is 17.7. The number of hydrogen-bond acceptors (Lipinski definition) is 4. The molecule has 0 radical (unpaired) electrons. The fraction of sp³-hybridized carbons (Fsp3) is 0.269. The van der Waals surface area contributed by atoms with Crippen molar-refractivity contribution in [3.8, 4) is 5.75 Å². The molecule has 176 valence electrons.